The highest BCUT2D eigenvalue weighted by Crippen LogP contribution is 2.15. The number of halogens is 1. The van der Waals surface area contributed by atoms with Crippen LogP contribution in [0.1, 0.15) is 18.1 Å². The van der Waals surface area contributed by atoms with E-state index in [9.17, 15) is 4.79 Å². The smallest absolute Gasteiger partial charge is 0.227 e. The fraction of sp³-hybridized carbons (Fsp3) is 0.278. The lowest BCUT2D eigenvalue weighted by molar-refractivity contribution is -0.130. The largest absolute Gasteiger partial charge is 0.497 e. The van der Waals surface area contributed by atoms with Crippen molar-refractivity contribution in [1.82, 2.24) is 4.90 Å². The highest BCUT2D eigenvalue weighted by atomic mass is 35.5. The van der Waals surface area contributed by atoms with Gasteiger partial charge in [0.15, 0.2) is 0 Å². The van der Waals surface area contributed by atoms with Gasteiger partial charge in [0.1, 0.15) is 5.75 Å². The summed E-state index contributed by atoms with van der Waals surface area (Å²) in [5.41, 5.74) is 2.02. The van der Waals surface area contributed by atoms with E-state index in [-0.39, 0.29) is 5.91 Å². The molecule has 0 radical (unpaired) electrons. The van der Waals surface area contributed by atoms with Crippen LogP contribution in [0.3, 0.4) is 0 Å². The summed E-state index contributed by atoms with van der Waals surface area (Å²) in [4.78, 5) is 14.3. The van der Waals surface area contributed by atoms with Crippen LogP contribution in [0.4, 0.5) is 0 Å². The number of methoxy groups -OCH3 is 1. The molecule has 22 heavy (non-hydrogen) atoms. The van der Waals surface area contributed by atoms with Crippen molar-refractivity contribution in [2.24, 2.45) is 0 Å². The summed E-state index contributed by atoms with van der Waals surface area (Å²) < 4.78 is 5.13. The van der Waals surface area contributed by atoms with Crippen molar-refractivity contribution in [1.29, 1.82) is 0 Å². The number of nitrogens with zero attached hydrogens (tertiary/aromatic N) is 1. The Labute approximate surface area is 136 Å². The van der Waals surface area contributed by atoms with E-state index in [1.165, 1.54) is 0 Å². The average Bonchev–Trinajstić information content (AvgIpc) is 2.53. The molecule has 1 amide bonds. The van der Waals surface area contributed by atoms with Gasteiger partial charge in [-0.3, -0.25) is 4.79 Å². The van der Waals surface area contributed by atoms with E-state index in [2.05, 4.69) is 0 Å². The zero-order valence-electron chi connectivity index (χ0n) is 12.9. The fourth-order valence-corrected chi connectivity index (χ4v) is 2.47. The third kappa shape index (κ3) is 4.50. The number of amides is 1. The number of benzene rings is 2. The van der Waals surface area contributed by atoms with Gasteiger partial charge in [-0.1, -0.05) is 35.9 Å². The second-order valence-electron chi connectivity index (χ2n) is 5.06. The lowest BCUT2D eigenvalue weighted by Crippen LogP contribution is -2.31. The van der Waals surface area contributed by atoms with Crippen molar-refractivity contribution >= 4 is 17.5 Å². The van der Waals surface area contributed by atoms with Crippen molar-refractivity contribution in [3.05, 3.63) is 64.7 Å². The number of likely N-dealkylation sites (N-methyl/N-ethyl adjacent to an activating group) is 1. The Hall–Kier alpha value is -2.00. The van der Waals surface area contributed by atoms with Gasteiger partial charge >= 0.3 is 0 Å². The molecule has 2 aromatic rings. The van der Waals surface area contributed by atoms with Crippen molar-refractivity contribution in [3.63, 3.8) is 0 Å². The summed E-state index contributed by atoms with van der Waals surface area (Å²) in [5, 5.41) is 0.691. The van der Waals surface area contributed by atoms with Gasteiger partial charge in [0.25, 0.3) is 0 Å². The molecule has 0 N–H and O–H groups in total. The fourth-order valence-electron chi connectivity index (χ4n) is 2.26. The van der Waals surface area contributed by atoms with Gasteiger partial charge < -0.3 is 9.64 Å². The first-order chi connectivity index (χ1) is 10.6. The topological polar surface area (TPSA) is 29.5 Å². The molecule has 0 spiro atoms. The minimum atomic E-state index is 0.104. The van der Waals surface area contributed by atoms with E-state index in [0.717, 1.165) is 16.9 Å². The molecule has 0 aliphatic heterocycles. The van der Waals surface area contributed by atoms with Gasteiger partial charge in [0, 0.05) is 18.1 Å². The van der Waals surface area contributed by atoms with Crippen molar-refractivity contribution in [3.8, 4) is 5.75 Å². The molecule has 0 aliphatic rings. The summed E-state index contributed by atoms with van der Waals surface area (Å²) in [6.07, 6.45) is 0.387. The molecule has 0 atom stereocenters. The van der Waals surface area contributed by atoms with Crippen LogP contribution in [0.15, 0.2) is 48.5 Å². The molecule has 116 valence electrons. The lowest BCUT2D eigenvalue weighted by Gasteiger charge is -2.21. The van der Waals surface area contributed by atoms with E-state index in [4.69, 9.17) is 16.3 Å². The summed E-state index contributed by atoms with van der Waals surface area (Å²) >= 11 is 5.99. The van der Waals surface area contributed by atoms with Crippen LogP contribution in [0.25, 0.3) is 0 Å². The predicted octanol–water partition coefficient (Wildman–Crippen LogP) is 3.94. The van der Waals surface area contributed by atoms with Gasteiger partial charge in [-0.15, -0.1) is 0 Å². The first-order valence-corrected chi connectivity index (χ1v) is 7.65. The molecular formula is C18H20ClNO2. The Morgan fingerprint density at radius 3 is 2.45 bits per heavy atom. The Balaban J connectivity index is 2.01. The maximum atomic E-state index is 12.4. The van der Waals surface area contributed by atoms with Crippen LogP contribution in [0, 0.1) is 0 Å². The average molecular weight is 318 g/mol. The normalized spacial score (nSPS) is 10.3. The zero-order chi connectivity index (χ0) is 15.9. The molecule has 0 aromatic heterocycles. The van der Waals surface area contributed by atoms with Gasteiger partial charge in [0.05, 0.1) is 13.5 Å². The van der Waals surface area contributed by atoms with Crippen molar-refractivity contribution in [2.75, 3.05) is 13.7 Å². The van der Waals surface area contributed by atoms with Crippen LogP contribution in [-0.2, 0) is 17.8 Å². The van der Waals surface area contributed by atoms with E-state index < -0.39 is 0 Å². The number of carbonyl (C=O) groups is 1. The second-order valence-corrected chi connectivity index (χ2v) is 5.50. The minimum absolute atomic E-state index is 0.104. The number of hydrogen-bond donors (Lipinski definition) is 0. The van der Waals surface area contributed by atoms with Crippen LogP contribution in [0.2, 0.25) is 5.02 Å². The molecule has 0 bridgehead atoms. The second kappa shape index (κ2) is 7.85. The van der Waals surface area contributed by atoms with Gasteiger partial charge in [0.2, 0.25) is 5.91 Å². The molecule has 0 saturated heterocycles. The molecule has 0 aliphatic carbocycles. The molecule has 0 unspecified atom stereocenters. The Kier molecular flexibility index (Phi) is 5.84. The summed E-state index contributed by atoms with van der Waals surface area (Å²) in [7, 11) is 1.63. The van der Waals surface area contributed by atoms with Crippen LogP contribution < -0.4 is 4.74 Å². The molecule has 2 rings (SSSR count). The Bertz CT molecular complexity index is 625. The molecule has 0 heterocycles. The molecule has 3 nitrogen and oxygen atoms in total. The van der Waals surface area contributed by atoms with Gasteiger partial charge in [-0.25, -0.2) is 0 Å². The standard InChI is InChI=1S/C18H20ClNO2/c1-3-20(13-15-5-4-6-16(19)11-15)18(21)12-14-7-9-17(22-2)10-8-14/h4-11H,3,12-13H2,1-2H3. The van der Waals surface area contributed by atoms with Crippen LogP contribution >= 0.6 is 11.6 Å². The highest BCUT2D eigenvalue weighted by molar-refractivity contribution is 6.30. The van der Waals surface area contributed by atoms with E-state index in [1.54, 1.807) is 7.11 Å². The van der Waals surface area contributed by atoms with E-state index >= 15 is 0 Å². The predicted molar refractivity (Wildman–Crippen MR) is 89.2 cm³/mol. The number of ether oxygens (including phenoxy) is 1. The Morgan fingerprint density at radius 1 is 1.14 bits per heavy atom. The molecule has 0 saturated carbocycles. The quantitative estimate of drug-likeness (QED) is 0.807. The SMILES string of the molecule is CCN(Cc1cccc(Cl)c1)C(=O)Cc1ccc(OC)cc1. The maximum absolute atomic E-state index is 12.4. The highest BCUT2D eigenvalue weighted by Gasteiger charge is 2.13. The number of rotatable bonds is 6. The van der Waals surface area contributed by atoms with Crippen LogP contribution in [-0.4, -0.2) is 24.5 Å². The monoisotopic (exact) mass is 317 g/mol. The maximum Gasteiger partial charge on any atom is 0.227 e. The minimum Gasteiger partial charge on any atom is -0.497 e. The van der Waals surface area contributed by atoms with Crippen LogP contribution in [0.5, 0.6) is 5.75 Å². The number of hydrogen-bond acceptors (Lipinski definition) is 2. The first-order valence-electron chi connectivity index (χ1n) is 7.27. The molecule has 4 heteroatoms. The molecule has 2 aromatic carbocycles. The summed E-state index contributed by atoms with van der Waals surface area (Å²) in [6, 6.07) is 15.2. The zero-order valence-corrected chi connectivity index (χ0v) is 13.6. The molecular weight excluding hydrogens is 298 g/mol. The first kappa shape index (κ1) is 16.4. The summed E-state index contributed by atoms with van der Waals surface area (Å²) in [6.45, 7) is 3.23. The lowest BCUT2D eigenvalue weighted by atomic mass is 10.1. The van der Waals surface area contributed by atoms with Crippen molar-refractivity contribution in [2.45, 2.75) is 19.9 Å². The van der Waals surface area contributed by atoms with Gasteiger partial charge in [-0.05, 0) is 42.3 Å². The van der Waals surface area contributed by atoms with E-state index in [0.29, 0.717) is 24.5 Å². The number of carbonyl (C=O) groups excluding carboxylic acids is 1. The third-order valence-electron chi connectivity index (χ3n) is 3.51. The Morgan fingerprint density at radius 2 is 1.86 bits per heavy atom. The third-order valence-corrected chi connectivity index (χ3v) is 3.75. The van der Waals surface area contributed by atoms with Gasteiger partial charge in [-0.2, -0.15) is 0 Å². The molecule has 0 fully saturated rings. The summed E-state index contributed by atoms with van der Waals surface area (Å²) in [5.74, 6) is 0.898. The van der Waals surface area contributed by atoms with E-state index in [1.807, 2.05) is 60.4 Å². The van der Waals surface area contributed by atoms with Crippen molar-refractivity contribution < 1.29 is 9.53 Å².